The minimum atomic E-state index is -0.498. The highest BCUT2D eigenvalue weighted by Gasteiger charge is 2.26. The van der Waals surface area contributed by atoms with E-state index in [2.05, 4.69) is 20.2 Å². The second-order valence-corrected chi connectivity index (χ2v) is 5.78. The zero-order valence-corrected chi connectivity index (χ0v) is 12.5. The molecule has 118 valence electrons. The van der Waals surface area contributed by atoms with E-state index in [-0.39, 0.29) is 37.4 Å². The average molecular weight is 305 g/mol. The van der Waals surface area contributed by atoms with Crippen LogP contribution < -0.4 is 10.6 Å². The fourth-order valence-electron chi connectivity index (χ4n) is 2.90. The molecule has 3 heterocycles. The summed E-state index contributed by atoms with van der Waals surface area (Å²) in [5.41, 5.74) is 0.983. The Labute approximate surface area is 127 Å². The first kappa shape index (κ1) is 14.6. The van der Waals surface area contributed by atoms with Crippen LogP contribution in [-0.4, -0.2) is 51.4 Å². The van der Waals surface area contributed by atoms with Crippen LogP contribution >= 0.6 is 0 Å². The van der Waals surface area contributed by atoms with Crippen molar-refractivity contribution >= 4 is 17.8 Å². The number of carbonyl (C=O) groups is 3. The topological polar surface area (TPSA) is 96.3 Å². The number of urea groups is 1. The summed E-state index contributed by atoms with van der Waals surface area (Å²) in [7, 11) is 0. The normalized spacial score (nSPS) is 21.3. The number of imide groups is 1. The number of nitrogens with zero attached hydrogens (tertiary/aromatic N) is 3. The summed E-state index contributed by atoms with van der Waals surface area (Å²) in [6.45, 7) is 2.92. The molecule has 0 unspecified atom stereocenters. The second-order valence-electron chi connectivity index (χ2n) is 5.78. The molecule has 0 spiro atoms. The molecule has 0 aromatic carbocycles. The van der Waals surface area contributed by atoms with Gasteiger partial charge in [-0.05, 0) is 13.3 Å². The quantitative estimate of drug-likeness (QED) is 0.791. The van der Waals surface area contributed by atoms with Crippen molar-refractivity contribution in [1.29, 1.82) is 0 Å². The third-order valence-electron chi connectivity index (χ3n) is 3.96. The molecule has 0 saturated carbocycles. The van der Waals surface area contributed by atoms with E-state index < -0.39 is 6.03 Å². The number of hydrogen-bond acceptors (Lipinski definition) is 4. The van der Waals surface area contributed by atoms with Crippen LogP contribution in [0.25, 0.3) is 0 Å². The van der Waals surface area contributed by atoms with E-state index in [1.807, 2.05) is 13.1 Å². The molecule has 0 radical (unpaired) electrons. The van der Waals surface area contributed by atoms with Gasteiger partial charge < -0.3 is 14.8 Å². The molecule has 4 amide bonds. The molecule has 2 N–H and O–H groups in total. The molecule has 1 saturated heterocycles. The van der Waals surface area contributed by atoms with Crippen molar-refractivity contribution < 1.29 is 14.4 Å². The highest BCUT2D eigenvalue weighted by Crippen LogP contribution is 2.15. The molecule has 2 aliphatic heterocycles. The van der Waals surface area contributed by atoms with Crippen LogP contribution in [0.2, 0.25) is 0 Å². The predicted molar refractivity (Wildman–Crippen MR) is 76.9 cm³/mol. The van der Waals surface area contributed by atoms with Crippen LogP contribution in [0.4, 0.5) is 4.79 Å². The molecule has 1 fully saturated rings. The molecule has 8 heteroatoms. The van der Waals surface area contributed by atoms with Crippen molar-refractivity contribution in [2.75, 3.05) is 13.1 Å². The highest BCUT2D eigenvalue weighted by atomic mass is 16.2. The van der Waals surface area contributed by atoms with Gasteiger partial charge in [-0.2, -0.15) is 0 Å². The third kappa shape index (κ3) is 3.10. The Balaban J connectivity index is 1.52. The predicted octanol–water partition coefficient (Wildman–Crippen LogP) is -0.436. The molecule has 0 bridgehead atoms. The Morgan fingerprint density at radius 3 is 3.05 bits per heavy atom. The van der Waals surface area contributed by atoms with Crippen molar-refractivity contribution in [2.24, 2.45) is 0 Å². The second kappa shape index (κ2) is 5.78. The Morgan fingerprint density at radius 1 is 1.45 bits per heavy atom. The summed E-state index contributed by atoms with van der Waals surface area (Å²) in [6, 6.07) is -0.453. The number of aryl methyl sites for hydroxylation is 2. The first-order chi connectivity index (χ1) is 10.5. The lowest BCUT2D eigenvalue weighted by atomic mass is 10.1. The van der Waals surface area contributed by atoms with Crippen molar-refractivity contribution in [1.82, 2.24) is 25.1 Å². The van der Waals surface area contributed by atoms with Gasteiger partial charge in [-0.3, -0.25) is 14.9 Å². The minimum absolute atomic E-state index is 0.0224. The van der Waals surface area contributed by atoms with E-state index in [0.717, 1.165) is 24.4 Å². The molecule has 1 aromatic heterocycles. The zero-order valence-electron chi connectivity index (χ0n) is 12.5. The molecule has 1 aromatic rings. The van der Waals surface area contributed by atoms with Crippen LogP contribution in [0, 0.1) is 6.92 Å². The van der Waals surface area contributed by atoms with Crippen molar-refractivity contribution in [3.05, 3.63) is 17.7 Å². The van der Waals surface area contributed by atoms with Gasteiger partial charge in [0.25, 0.3) is 0 Å². The van der Waals surface area contributed by atoms with Crippen molar-refractivity contribution in [3.8, 4) is 0 Å². The summed E-state index contributed by atoms with van der Waals surface area (Å²) >= 11 is 0. The van der Waals surface area contributed by atoms with Gasteiger partial charge in [0.15, 0.2) is 0 Å². The average Bonchev–Trinajstić information content (AvgIpc) is 2.81. The summed E-state index contributed by atoms with van der Waals surface area (Å²) < 4.78 is 2.07. The summed E-state index contributed by atoms with van der Waals surface area (Å²) in [4.78, 5) is 40.5. The molecule has 8 nitrogen and oxygen atoms in total. The van der Waals surface area contributed by atoms with Gasteiger partial charge >= 0.3 is 6.03 Å². The Morgan fingerprint density at radius 2 is 2.27 bits per heavy atom. The number of rotatable bonds is 3. The van der Waals surface area contributed by atoms with Gasteiger partial charge in [0.2, 0.25) is 11.8 Å². The molecule has 3 rings (SSSR count). The van der Waals surface area contributed by atoms with Gasteiger partial charge in [-0.25, -0.2) is 9.78 Å². The number of nitrogens with one attached hydrogen (secondary N) is 2. The fourth-order valence-corrected chi connectivity index (χ4v) is 2.90. The third-order valence-corrected chi connectivity index (χ3v) is 3.96. The Hall–Kier alpha value is -2.38. The summed E-state index contributed by atoms with van der Waals surface area (Å²) in [5.74, 6) is 0.559. The van der Waals surface area contributed by atoms with E-state index in [1.54, 1.807) is 0 Å². The molecular formula is C14H19N5O3. The standard InChI is InChI=1S/C14H19N5O3/c1-9-6-19-7-10(2-3-11(19)15-9)16-13(21)8-18-5-4-12(20)17-14(18)22/h6,10H,2-5,7-8H2,1H3,(H,16,21)(H,17,20,22)/t10-/m0/s1. The van der Waals surface area contributed by atoms with Gasteiger partial charge in [0.1, 0.15) is 12.4 Å². The van der Waals surface area contributed by atoms with Gasteiger partial charge in [-0.1, -0.05) is 0 Å². The first-order valence-electron chi connectivity index (χ1n) is 7.42. The lowest BCUT2D eigenvalue weighted by molar-refractivity contribution is -0.125. The Kier molecular flexibility index (Phi) is 3.82. The van der Waals surface area contributed by atoms with E-state index in [4.69, 9.17) is 0 Å². The molecular weight excluding hydrogens is 286 g/mol. The monoisotopic (exact) mass is 305 g/mol. The van der Waals surface area contributed by atoms with Gasteiger partial charge in [0.05, 0.1) is 5.69 Å². The number of amides is 4. The molecule has 22 heavy (non-hydrogen) atoms. The smallest absolute Gasteiger partial charge is 0.324 e. The van der Waals surface area contributed by atoms with Crippen LogP contribution in [0.3, 0.4) is 0 Å². The molecule has 0 aliphatic carbocycles. The molecule has 1 atom stereocenters. The number of carbonyl (C=O) groups excluding carboxylic acids is 3. The highest BCUT2D eigenvalue weighted by molar-refractivity contribution is 5.98. The molecule has 2 aliphatic rings. The van der Waals surface area contributed by atoms with Crippen LogP contribution in [0.5, 0.6) is 0 Å². The first-order valence-corrected chi connectivity index (χ1v) is 7.42. The number of hydrogen-bond donors (Lipinski definition) is 2. The maximum absolute atomic E-state index is 12.1. The van der Waals surface area contributed by atoms with Gasteiger partial charge in [0, 0.05) is 38.2 Å². The fraction of sp³-hybridized carbons (Fsp3) is 0.571. The minimum Gasteiger partial charge on any atom is -0.350 e. The van der Waals surface area contributed by atoms with E-state index in [9.17, 15) is 14.4 Å². The van der Waals surface area contributed by atoms with E-state index >= 15 is 0 Å². The summed E-state index contributed by atoms with van der Waals surface area (Å²) in [5, 5.41) is 5.16. The SMILES string of the molecule is Cc1cn2c(n1)CC[C@H](NC(=O)CN1CCC(=O)NC1=O)C2. The van der Waals surface area contributed by atoms with Crippen molar-refractivity contribution in [2.45, 2.75) is 38.8 Å². The van der Waals surface area contributed by atoms with Crippen LogP contribution in [-0.2, 0) is 22.6 Å². The largest absolute Gasteiger partial charge is 0.350 e. The van der Waals surface area contributed by atoms with E-state index in [1.165, 1.54) is 4.90 Å². The number of imidazole rings is 1. The van der Waals surface area contributed by atoms with Gasteiger partial charge in [-0.15, -0.1) is 0 Å². The maximum Gasteiger partial charge on any atom is 0.324 e. The Bertz CT molecular complexity index is 624. The zero-order chi connectivity index (χ0) is 15.7. The number of aromatic nitrogens is 2. The van der Waals surface area contributed by atoms with E-state index in [0.29, 0.717) is 6.54 Å². The number of fused-ring (bicyclic) bond motifs is 1. The summed E-state index contributed by atoms with van der Waals surface area (Å²) in [6.07, 6.45) is 3.89. The van der Waals surface area contributed by atoms with Crippen LogP contribution in [0.1, 0.15) is 24.4 Å². The van der Waals surface area contributed by atoms with Crippen LogP contribution in [0.15, 0.2) is 6.20 Å². The maximum atomic E-state index is 12.1. The lowest BCUT2D eigenvalue weighted by Gasteiger charge is -2.28. The van der Waals surface area contributed by atoms with Crippen molar-refractivity contribution in [3.63, 3.8) is 0 Å². The lowest BCUT2D eigenvalue weighted by Crippen LogP contribution is -2.53.